The predicted octanol–water partition coefficient (Wildman–Crippen LogP) is 5.70. The van der Waals surface area contributed by atoms with E-state index < -0.39 is 6.61 Å². The monoisotopic (exact) mass is 509 g/mol. The summed E-state index contributed by atoms with van der Waals surface area (Å²) < 4.78 is 46.1. The fraction of sp³-hybridized carbons (Fsp3) is 0.308. The van der Waals surface area contributed by atoms with Crippen molar-refractivity contribution in [1.82, 2.24) is 24.7 Å². The Hall–Kier alpha value is -4.15. The molecule has 192 valence electrons. The Bertz CT molecular complexity index is 1440. The lowest BCUT2D eigenvalue weighted by atomic mass is 9.85. The SMILES string of the molecule is CNc1nc(Nc2ccc(-n3cnc(C)n3)c(OC(F)F)c2)nc2c1C(C)(C)CC2c1ccc(F)cc1. The summed E-state index contributed by atoms with van der Waals surface area (Å²) in [5, 5.41) is 10.5. The predicted molar refractivity (Wildman–Crippen MR) is 133 cm³/mol. The molecule has 4 aromatic rings. The lowest BCUT2D eigenvalue weighted by Crippen LogP contribution is -2.16. The first-order valence-corrected chi connectivity index (χ1v) is 11.7. The van der Waals surface area contributed by atoms with Gasteiger partial charge in [-0.25, -0.2) is 19.0 Å². The molecule has 0 amide bonds. The van der Waals surface area contributed by atoms with E-state index in [1.165, 1.54) is 29.2 Å². The number of aryl methyl sites for hydroxylation is 1. The minimum atomic E-state index is -3.02. The second-order valence-corrected chi connectivity index (χ2v) is 9.52. The van der Waals surface area contributed by atoms with Crippen molar-refractivity contribution in [3.63, 3.8) is 0 Å². The number of rotatable bonds is 7. The zero-order chi connectivity index (χ0) is 26.3. The fourth-order valence-corrected chi connectivity index (χ4v) is 4.88. The van der Waals surface area contributed by atoms with E-state index in [0.717, 1.165) is 23.2 Å². The molecule has 5 rings (SSSR count). The average Bonchev–Trinajstić information content (AvgIpc) is 3.39. The van der Waals surface area contributed by atoms with Crippen LogP contribution in [0.4, 0.5) is 30.6 Å². The molecule has 0 radical (unpaired) electrons. The molecule has 0 saturated heterocycles. The summed E-state index contributed by atoms with van der Waals surface area (Å²) in [5.74, 6) is 1.02. The molecule has 2 heterocycles. The molecule has 1 aliphatic rings. The maximum absolute atomic E-state index is 13.6. The first-order chi connectivity index (χ1) is 17.6. The van der Waals surface area contributed by atoms with E-state index in [0.29, 0.717) is 29.0 Å². The second kappa shape index (κ2) is 9.38. The van der Waals surface area contributed by atoms with Gasteiger partial charge < -0.3 is 15.4 Å². The summed E-state index contributed by atoms with van der Waals surface area (Å²) in [6, 6.07) is 11.2. The largest absolute Gasteiger partial charge is 0.432 e. The summed E-state index contributed by atoms with van der Waals surface area (Å²) in [7, 11) is 1.79. The van der Waals surface area contributed by atoms with Crippen LogP contribution in [0.1, 0.15) is 48.8 Å². The van der Waals surface area contributed by atoms with Gasteiger partial charge in [-0.05, 0) is 48.6 Å². The summed E-state index contributed by atoms with van der Waals surface area (Å²) in [6.07, 6.45) is 2.20. The van der Waals surface area contributed by atoms with Crippen molar-refractivity contribution < 1.29 is 17.9 Å². The molecule has 37 heavy (non-hydrogen) atoms. The molecule has 2 N–H and O–H groups in total. The molecular formula is C26H26F3N7O. The number of fused-ring (bicyclic) bond motifs is 1. The third-order valence-corrected chi connectivity index (χ3v) is 6.45. The van der Waals surface area contributed by atoms with Gasteiger partial charge in [-0.3, -0.25) is 0 Å². The van der Waals surface area contributed by atoms with Crippen LogP contribution in [0.15, 0.2) is 48.8 Å². The van der Waals surface area contributed by atoms with Gasteiger partial charge in [-0.1, -0.05) is 26.0 Å². The van der Waals surface area contributed by atoms with Crippen LogP contribution in [-0.4, -0.2) is 38.4 Å². The quantitative estimate of drug-likeness (QED) is 0.330. The Morgan fingerprint density at radius 1 is 1.11 bits per heavy atom. The maximum Gasteiger partial charge on any atom is 0.387 e. The van der Waals surface area contributed by atoms with Crippen LogP contribution in [-0.2, 0) is 5.41 Å². The molecule has 0 bridgehead atoms. The number of halogens is 3. The van der Waals surface area contributed by atoms with Crippen LogP contribution < -0.4 is 15.4 Å². The Morgan fingerprint density at radius 3 is 2.51 bits per heavy atom. The van der Waals surface area contributed by atoms with Gasteiger partial charge in [0.15, 0.2) is 5.75 Å². The number of nitrogens with one attached hydrogen (secondary N) is 2. The van der Waals surface area contributed by atoms with Gasteiger partial charge >= 0.3 is 6.61 Å². The van der Waals surface area contributed by atoms with E-state index >= 15 is 0 Å². The molecule has 2 aromatic carbocycles. The zero-order valence-electron chi connectivity index (χ0n) is 20.8. The molecule has 1 aliphatic carbocycles. The van der Waals surface area contributed by atoms with Crippen LogP contribution in [0, 0.1) is 12.7 Å². The summed E-state index contributed by atoms with van der Waals surface area (Å²) in [4.78, 5) is 13.5. The van der Waals surface area contributed by atoms with Crippen LogP contribution in [0.25, 0.3) is 5.69 Å². The summed E-state index contributed by atoms with van der Waals surface area (Å²) >= 11 is 0. The van der Waals surface area contributed by atoms with Gasteiger partial charge in [0.25, 0.3) is 0 Å². The average molecular weight is 510 g/mol. The van der Waals surface area contributed by atoms with Crippen molar-refractivity contribution in [2.75, 3.05) is 17.7 Å². The molecule has 1 atom stereocenters. The highest BCUT2D eigenvalue weighted by Crippen LogP contribution is 2.50. The van der Waals surface area contributed by atoms with Crippen LogP contribution >= 0.6 is 0 Å². The van der Waals surface area contributed by atoms with Gasteiger partial charge in [-0.2, -0.15) is 18.9 Å². The maximum atomic E-state index is 13.6. The number of alkyl halides is 2. The minimum absolute atomic E-state index is 0.0584. The molecule has 1 unspecified atom stereocenters. The van der Waals surface area contributed by atoms with E-state index in [4.69, 9.17) is 9.72 Å². The van der Waals surface area contributed by atoms with E-state index in [1.807, 2.05) is 0 Å². The fourth-order valence-electron chi connectivity index (χ4n) is 4.88. The summed E-state index contributed by atoms with van der Waals surface area (Å²) in [6.45, 7) is 2.94. The second-order valence-electron chi connectivity index (χ2n) is 9.52. The van der Waals surface area contributed by atoms with Crippen molar-refractivity contribution in [3.05, 3.63) is 77.3 Å². The highest BCUT2D eigenvalue weighted by molar-refractivity contribution is 5.65. The Kier molecular flexibility index (Phi) is 6.22. The number of ether oxygens (including phenoxy) is 1. The van der Waals surface area contributed by atoms with Gasteiger partial charge in [0.05, 0.1) is 5.69 Å². The third-order valence-electron chi connectivity index (χ3n) is 6.45. The Labute approximate surface area is 211 Å². The van der Waals surface area contributed by atoms with Gasteiger partial charge in [0.2, 0.25) is 5.95 Å². The lowest BCUT2D eigenvalue weighted by Gasteiger charge is -2.21. The van der Waals surface area contributed by atoms with Crippen LogP contribution in [0.2, 0.25) is 0 Å². The topological polar surface area (TPSA) is 89.8 Å². The standard InChI is InChI=1S/C26H26F3N7O/c1-14-31-13-36(35-14)19-10-9-17(11-20(19)37-24(28)29)32-25-33-22-18(15-5-7-16(27)8-6-15)12-26(2,3)21(22)23(30-4)34-25/h5-11,13,18,24H,12H2,1-4H3,(H2,30,32,33,34). The van der Waals surface area contributed by atoms with Crippen molar-refractivity contribution in [2.45, 2.75) is 45.1 Å². The molecule has 11 heteroatoms. The number of hydrogen-bond acceptors (Lipinski definition) is 7. The first kappa shape index (κ1) is 24.5. The number of aromatic nitrogens is 5. The number of anilines is 3. The number of nitrogens with zero attached hydrogens (tertiary/aromatic N) is 5. The Balaban J connectivity index is 1.54. The van der Waals surface area contributed by atoms with Gasteiger partial charge in [0, 0.05) is 30.3 Å². The molecule has 0 spiro atoms. The third kappa shape index (κ3) is 4.81. The number of hydrogen-bond donors (Lipinski definition) is 2. The van der Waals surface area contributed by atoms with Gasteiger partial charge in [-0.15, -0.1) is 0 Å². The molecule has 0 aliphatic heterocycles. The van der Waals surface area contributed by atoms with E-state index in [9.17, 15) is 13.2 Å². The van der Waals surface area contributed by atoms with Crippen molar-refractivity contribution >= 4 is 17.5 Å². The smallest absolute Gasteiger partial charge is 0.387 e. The lowest BCUT2D eigenvalue weighted by molar-refractivity contribution is -0.0498. The Morgan fingerprint density at radius 2 is 1.86 bits per heavy atom. The van der Waals surface area contributed by atoms with Crippen molar-refractivity contribution in [1.29, 1.82) is 0 Å². The first-order valence-electron chi connectivity index (χ1n) is 11.7. The minimum Gasteiger partial charge on any atom is -0.432 e. The van der Waals surface area contributed by atoms with Crippen LogP contribution in [0.5, 0.6) is 5.75 Å². The van der Waals surface area contributed by atoms with Crippen molar-refractivity contribution in [3.8, 4) is 11.4 Å². The van der Waals surface area contributed by atoms with Crippen molar-refractivity contribution in [2.24, 2.45) is 0 Å². The molecular weight excluding hydrogens is 483 g/mol. The molecule has 8 nitrogen and oxygen atoms in total. The van der Waals surface area contributed by atoms with Gasteiger partial charge in [0.1, 0.15) is 29.5 Å². The normalized spacial score (nSPS) is 16.1. The highest BCUT2D eigenvalue weighted by atomic mass is 19.3. The van der Waals surface area contributed by atoms with E-state index in [1.54, 1.807) is 38.2 Å². The molecule has 0 saturated carbocycles. The highest BCUT2D eigenvalue weighted by Gasteiger charge is 2.41. The molecule has 0 fully saturated rings. The zero-order valence-corrected chi connectivity index (χ0v) is 20.8. The summed E-state index contributed by atoms with van der Waals surface area (Å²) in [5.41, 5.74) is 3.33. The number of benzene rings is 2. The van der Waals surface area contributed by atoms with E-state index in [-0.39, 0.29) is 22.9 Å². The molecule has 2 aromatic heterocycles. The van der Waals surface area contributed by atoms with E-state index in [2.05, 4.69) is 39.5 Å². The van der Waals surface area contributed by atoms with Crippen LogP contribution in [0.3, 0.4) is 0 Å².